The van der Waals surface area contributed by atoms with E-state index in [0.29, 0.717) is 12.3 Å². The SMILES string of the molecule is CCN1c2ccccc2N(S(=O)(=O)c2ccc(OC(C)C)cc2)CC1C. The molecule has 0 radical (unpaired) electrons. The number of rotatable bonds is 5. The number of anilines is 2. The second-order valence-corrected chi connectivity index (χ2v) is 8.66. The van der Waals surface area contributed by atoms with Crippen LogP contribution in [0.15, 0.2) is 53.4 Å². The molecule has 0 aromatic heterocycles. The lowest BCUT2D eigenvalue weighted by Crippen LogP contribution is -2.49. The Morgan fingerprint density at radius 2 is 1.69 bits per heavy atom. The molecule has 0 bridgehead atoms. The highest BCUT2D eigenvalue weighted by molar-refractivity contribution is 7.92. The van der Waals surface area contributed by atoms with Gasteiger partial charge in [-0.05, 0) is 64.1 Å². The Bertz CT molecular complexity index is 863. The second kappa shape index (κ2) is 7.19. The predicted octanol–water partition coefficient (Wildman–Crippen LogP) is 3.90. The molecule has 3 rings (SSSR count). The molecule has 1 aliphatic heterocycles. The van der Waals surface area contributed by atoms with Gasteiger partial charge in [0, 0.05) is 12.6 Å². The summed E-state index contributed by atoms with van der Waals surface area (Å²) in [6.07, 6.45) is 0.0484. The van der Waals surface area contributed by atoms with Crippen molar-refractivity contribution in [3.63, 3.8) is 0 Å². The number of para-hydroxylation sites is 2. The van der Waals surface area contributed by atoms with Gasteiger partial charge in [-0.3, -0.25) is 4.31 Å². The van der Waals surface area contributed by atoms with E-state index in [2.05, 4.69) is 18.7 Å². The summed E-state index contributed by atoms with van der Waals surface area (Å²) < 4.78 is 33.7. The molecule has 1 atom stereocenters. The van der Waals surface area contributed by atoms with E-state index in [1.54, 1.807) is 24.3 Å². The minimum atomic E-state index is -3.63. The highest BCUT2D eigenvalue weighted by Crippen LogP contribution is 2.38. The Morgan fingerprint density at radius 1 is 1.08 bits per heavy atom. The molecule has 5 nitrogen and oxygen atoms in total. The van der Waals surface area contributed by atoms with Gasteiger partial charge in [-0.25, -0.2) is 8.42 Å². The molecule has 0 N–H and O–H groups in total. The first-order chi connectivity index (χ1) is 12.3. The number of benzene rings is 2. The summed E-state index contributed by atoms with van der Waals surface area (Å²) in [5.74, 6) is 0.670. The number of hydrogen-bond acceptors (Lipinski definition) is 4. The van der Waals surface area contributed by atoms with E-state index in [0.717, 1.165) is 17.9 Å². The van der Waals surface area contributed by atoms with Crippen LogP contribution in [0.2, 0.25) is 0 Å². The predicted molar refractivity (Wildman–Crippen MR) is 106 cm³/mol. The number of ether oxygens (including phenoxy) is 1. The molecule has 6 heteroatoms. The minimum absolute atomic E-state index is 0.0484. The van der Waals surface area contributed by atoms with Crippen molar-refractivity contribution in [3.8, 4) is 5.75 Å². The molecule has 0 aliphatic carbocycles. The average Bonchev–Trinajstić information content (AvgIpc) is 2.61. The van der Waals surface area contributed by atoms with Gasteiger partial charge >= 0.3 is 0 Å². The first-order valence-corrected chi connectivity index (χ1v) is 10.4. The lowest BCUT2D eigenvalue weighted by atomic mass is 10.1. The van der Waals surface area contributed by atoms with Crippen molar-refractivity contribution in [1.82, 2.24) is 0 Å². The smallest absolute Gasteiger partial charge is 0.264 e. The number of hydrogen-bond donors (Lipinski definition) is 0. The largest absolute Gasteiger partial charge is 0.491 e. The van der Waals surface area contributed by atoms with Crippen molar-refractivity contribution in [2.75, 3.05) is 22.3 Å². The highest BCUT2D eigenvalue weighted by Gasteiger charge is 2.34. The number of nitrogens with zero attached hydrogens (tertiary/aromatic N) is 2. The first-order valence-electron chi connectivity index (χ1n) is 8.99. The quantitative estimate of drug-likeness (QED) is 0.796. The summed E-state index contributed by atoms with van der Waals surface area (Å²) >= 11 is 0. The summed E-state index contributed by atoms with van der Waals surface area (Å²) in [5.41, 5.74) is 1.69. The Balaban J connectivity index is 1.99. The Kier molecular flexibility index (Phi) is 5.14. The van der Waals surface area contributed by atoms with Crippen LogP contribution < -0.4 is 13.9 Å². The molecular formula is C20H26N2O3S. The van der Waals surface area contributed by atoms with Gasteiger partial charge in [-0.2, -0.15) is 0 Å². The summed E-state index contributed by atoms with van der Waals surface area (Å²) in [7, 11) is -3.63. The summed E-state index contributed by atoms with van der Waals surface area (Å²) in [6.45, 7) is 9.30. The molecule has 1 heterocycles. The highest BCUT2D eigenvalue weighted by atomic mass is 32.2. The summed E-state index contributed by atoms with van der Waals surface area (Å²) in [6, 6.07) is 14.4. The molecule has 0 amide bonds. The van der Waals surface area contributed by atoms with Gasteiger partial charge < -0.3 is 9.64 Å². The average molecular weight is 375 g/mol. The molecule has 0 spiro atoms. The van der Waals surface area contributed by atoms with Crippen LogP contribution in [-0.4, -0.2) is 33.7 Å². The van der Waals surface area contributed by atoms with Crippen LogP contribution in [-0.2, 0) is 10.0 Å². The fraction of sp³-hybridized carbons (Fsp3) is 0.400. The summed E-state index contributed by atoms with van der Waals surface area (Å²) in [5, 5.41) is 0. The van der Waals surface area contributed by atoms with Crippen molar-refractivity contribution < 1.29 is 13.2 Å². The van der Waals surface area contributed by atoms with E-state index >= 15 is 0 Å². The lowest BCUT2D eigenvalue weighted by molar-refractivity contribution is 0.242. The zero-order chi connectivity index (χ0) is 18.9. The molecule has 0 saturated carbocycles. The van der Waals surface area contributed by atoms with E-state index < -0.39 is 10.0 Å². The van der Waals surface area contributed by atoms with E-state index in [9.17, 15) is 8.42 Å². The monoisotopic (exact) mass is 374 g/mol. The van der Waals surface area contributed by atoms with Gasteiger partial charge in [0.05, 0.1) is 28.9 Å². The van der Waals surface area contributed by atoms with Gasteiger partial charge in [-0.15, -0.1) is 0 Å². The minimum Gasteiger partial charge on any atom is -0.491 e. The second-order valence-electron chi connectivity index (χ2n) is 6.80. The molecule has 1 aliphatic rings. The molecular weight excluding hydrogens is 348 g/mol. The van der Waals surface area contributed by atoms with Crippen molar-refractivity contribution >= 4 is 21.4 Å². The maximum Gasteiger partial charge on any atom is 0.264 e. The van der Waals surface area contributed by atoms with Crippen molar-refractivity contribution in [3.05, 3.63) is 48.5 Å². The third-order valence-corrected chi connectivity index (χ3v) is 6.34. The van der Waals surface area contributed by atoms with E-state index in [1.807, 2.05) is 38.1 Å². The Morgan fingerprint density at radius 3 is 2.27 bits per heavy atom. The molecule has 26 heavy (non-hydrogen) atoms. The molecule has 1 unspecified atom stereocenters. The van der Waals surface area contributed by atoms with Crippen LogP contribution in [0.25, 0.3) is 0 Å². The van der Waals surface area contributed by atoms with Gasteiger partial charge in [0.2, 0.25) is 0 Å². The molecule has 2 aromatic rings. The number of fused-ring (bicyclic) bond motifs is 1. The van der Waals surface area contributed by atoms with E-state index in [4.69, 9.17) is 4.74 Å². The maximum atomic E-state index is 13.3. The number of sulfonamides is 1. The van der Waals surface area contributed by atoms with Gasteiger partial charge in [-0.1, -0.05) is 12.1 Å². The topological polar surface area (TPSA) is 49.9 Å². The maximum absolute atomic E-state index is 13.3. The van der Waals surface area contributed by atoms with Crippen LogP contribution in [0.4, 0.5) is 11.4 Å². The Hall–Kier alpha value is -2.21. The first kappa shape index (κ1) is 18.6. The van der Waals surface area contributed by atoms with E-state index in [1.165, 1.54) is 4.31 Å². The van der Waals surface area contributed by atoms with Crippen molar-refractivity contribution in [2.45, 2.75) is 44.7 Å². The molecule has 0 fully saturated rings. The fourth-order valence-corrected chi connectivity index (χ4v) is 4.95. The van der Waals surface area contributed by atoms with E-state index in [-0.39, 0.29) is 17.0 Å². The fourth-order valence-electron chi connectivity index (χ4n) is 3.39. The Labute approximate surface area is 156 Å². The van der Waals surface area contributed by atoms with Gasteiger partial charge in [0.1, 0.15) is 5.75 Å². The summed E-state index contributed by atoms with van der Waals surface area (Å²) in [4.78, 5) is 2.52. The third kappa shape index (κ3) is 3.38. The van der Waals surface area contributed by atoms with Crippen LogP contribution in [0, 0.1) is 0 Å². The zero-order valence-electron chi connectivity index (χ0n) is 15.7. The van der Waals surface area contributed by atoms with Gasteiger partial charge in [0.15, 0.2) is 0 Å². The number of likely N-dealkylation sites (N-methyl/N-ethyl adjacent to an activating group) is 1. The molecule has 0 saturated heterocycles. The normalized spacial score (nSPS) is 17.3. The standard InChI is InChI=1S/C20H26N2O3S/c1-5-21-16(4)14-22(20-9-7-6-8-19(20)21)26(23,24)18-12-10-17(11-13-18)25-15(2)3/h6-13,15-16H,5,14H2,1-4H3. The zero-order valence-corrected chi connectivity index (χ0v) is 16.5. The van der Waals surface area contributed by atoms with Crippen LogP contribution in [0.1, 0.15) is 27.7 Å². The van der Waals surface area contributed by atoms with Crippen LogP contribution >= 0.6 is 0 Å². The third-order valence-electron chi connectivity index (χ3n) is 4.55. The van der Waals surface area contributed by atoms with Crippen molar-refractivity contribution in [1.29, 1.82) is 0 Å². The van der Waals surface area contributed by atoms with Gasteiger partial charge in [0.25, 0.3) is 10.0 Å². The molecule has 2 aromatic carbocycles. The van der Waals surface area contributed by atoms with Crippen LogP contribution in [0.3, 0.4) is 0 Å². The van der Waals surface area contributed by atoms with Crippen LogP contribution in [0.5, 0.6) is 5.75 Å². The van der Waals surface area contributed by atoms with Crippen molar-refractivity contribution in [2.24, 2.45) is 0 Å². The molecule has 140 valence electrons. The lowest BCUT2D eigenvalue weighted by Gasteiger charge is -2.42.